The molecule has 0 amide bonds. The van der Waals surface area contributed by atoms with E-state index in [1.165, 1.54) is 6.07 Å². The Morgan fingerprint density at radius 2 is 2.33 bits per heavy atom. The van der Waals surface area contributed by atoms with Gasteiger partial charge >= 0.3 is 0 Å². The summed E-state index contributed by atoms with van der Waals surface area (Å²) in [5, 5.41) is 0.0329. The lowest BCUT2D eigenvalue weighted by Crippen LogP contribution is -2.14. The molecule has 0 N–H and O–H groups in total. The van der Waals surface area contributed by atoms with Crippen LogP contribution < -0.4 is 0 Å². The average Bonchev–Trinajstić information content (AvgIpc) is 2.74. The highest BCUT2D eigenvalue weighted by molar-refractivity contribution is 9.10. The summed E-state index contributed by atoms with van der Waals surface area (Å²) in [5.74, 6) is 0.725. The van der Waals surface area contributed by atoms with Gasteiger partial charge in [0, 0.05) is 5.56 Å². The molecule has 1 aliphatic rings. The minimum absolute atomic E-state index is 0.0329. The van der Waals surface area contributed by atoms with E-state index in [4.69, 9.17) is 0 Å². The molecule has 0 radical (unpaired) electrons. The molecule has 1 nitrogen and oxygen atoms in total. The minimum atomic E-state index is -0.371. The third kappa shape index (κ3) is 2.42. The number of carbonyl (C=O) groups is 1. The first-order chi connectivity index (χ1) is 7.18. The maximum absolute atomic E-state index is 13.2. The molecule has 0 aromatic heterocycles. The smallest absolute Gasteiger partial charge is 0.175 e. The average molecular weight is 289 g/mol. The topological polar surface area (TPSA) is 17.1 Å². The summed E-state index contributed by atoms with van der Waals surface area (Å²) in [7, 11) is 0. The van der Waals surface area contributed by atoms with Crippen molar-refractivity contribution in [1.29, 1.82) is 0 Å². The summed E-state index contributed by atoms with van der Waals surface area (Å²) in [5.41, 5.74) is 0.482. The zero-order valence-electron chi connectivity index (χ0n) is 8.00. The van der Waals surface area contributed by atoms with Crippen LogP contribution in [0.5, 0.6) is 0 Å². The number of benzene rings is 1. The fraction of sp³-hybridized carbons (Fsp3) is 0.364. The Morgan fingerprint density at radius 3 is 2.93 bits per heavy atom. The second-order valence-electron chi connectivity index (χ2n) is 3.49. The second kappa shape index (κ2) is 4.66. The summed E-state index contributed by atoms with van der Waals surface area (Å²) in [6.45, 7) is 0. The normalized spacial score (nSPS) is 20.5. The molecule has 1 unspecified atom stereocenters. The fourth-order valence-corrected chi connectivity index (χ4v) is 3.10. The van der Waals surface area contributed by atoms with Crippen molar-refractivity contribution in [2.75, 3.05) is 5.75 Å². The van der Waals surface area contributed by atoms with Gasteiger partial charge < -0.3 is 0 Å². The van der Waals surface area contributed by atoms with Crippen LogP contribution in [-0.2, 0) is 0 Å². The van der Waals surface area contributed by atoms with Crippen LogP contribution in [0, 0.1) is 5.82 Å². The molecule has 1 saturated heterocycles. The number of halogens is 2. The molecule has 0 spiro atoms. The van der Waals surface area contributed by atoms with Crippen molar-refractivity contribution in [3.63, 3.8) is 0 Å². The molecule has 1 heterocycles. The van der Waals surface area contributed by atoms with E-state index in [9.17, 15) is 9.18 Å². The Kier molecular flexibility index (Phi) is 3.46. The molecular weight excluding hydrogens is 279 g/mol. The molecule has 2 rings (SSSR count). The van der Waals surface area contributed by atoms with Crippen LogP contribution in [0.15, 0.2) is 22.7 Å². The number of rotatable bonds is 2. The van der Waals surface area contributed by atoms with Crippen molar-refractivity contribution in [2.45, 2.75) is 18.1 Å². The van der Waals surface area contributed by atoms with Gasteiger partial charge in [0.15, 0.2) is 5.78 Å². The predicted molar refractivity (Wildman–Crippen MR) is 63.9 cm³/mol. The second-order valence-corrected chi connectivity index (χ2v) is 5.66. The van der Waals surface area contributed by atoms with Gasteiger partial charge in [-0.05, 0) is 46.7 Å². The van der Waals surface area contributed by atoms with Gasteiger partial charge in [0.25, 0.3) is 0 Å². The van der Waals surface area contributed by atoms with Crippen molar-refractivity contribution < 1.29 is 9.18 Å². The van der Waals surface area contributed by atoms with E-state index in [0.717, 1.165) is 18.6 Å². The number of thioether (sulfide) groups is 1. The number of hydrogen-bond donors (Lipinski definition) is 0. The fourth-order valence-electron chi connectivity index (χ4n) is 1.62. The van der Waals surface area contributed by atoms with Crippen molar-refractivity contribution in [1.82, 2.24) is 0 Å². The molecule has 0 saturated carbocycles. The lowest BCUT2D eigenvalue weighted by Gasteiger charge is -2.07. The van der Waals surface area contributed by atoms with Crippen molar-refractivity contribution >= 4 is 33.5 Å². The first kappa shape index (κ1) is 11.1. The van der Waals surface area contributed by atoms with Crippen LogP contribution in [0.3, 0.4) is 0 Å². The van der Waals surface area contributed by atoms with Crippen LogP contribution in [0.2, 0.25) is 0 Å². The molecule has 1 aliphatic heterocycles. The number of Topliss-reactive ketones (excluding diaryl/α,β-unsaturated/α-hetero) is 1. The van der Waals surface area contributed by atoms with E-state index in [1.54, 1.807) is 23.9 Å². The number of hydrogen-bond acceptors (Lipinski definition) is 2. The molecule has 0 aliphatic carbocycles. The molecule has 1 aromatic carbocycles. The molecule has 1 aromatic rings. The van der Waals surface area contributed by atoms with Crippen LogP contribution in [0.4, 0.5) is 4.39 Å². The Morgan fingerprint density at radius 1 is 1.53 bits per heavy atom. The molecule has 1 atom stereocenters. The summed E-state index contributed by atoms with van der Waals surface area (Å²) in [6, 6.07) is 4.57. The highest BCUT2D eigenvalue weighted by Crippen LogP contribution is 2.29. The number of carbonyl (C=O) groups excluding carboxylic acids is 1. The highest BCUT2D eigenvalue weighted by atomic mass is 79.9. The van der Waals surface area contributed by atoms with Gasteiger partial charge in [0.05, 0.1) is 9.72 Å². The third-order valence-electron chi connectivity index (χ3n) is 2.43. The van der Waals surface area contributed by atoms with Gasteiger partial charge in [0.2, 0.25) is 0 Å². The minimum Gasteiger partial charge on any atom is -0.293 e. The van der Waals surface area contributed by atoms with Crippen LogP contribution in [0.25, 0.3) is 0 Å². The van der Waals surface area contributed by atoms with Crippen LogP contribution >= 0.6 is 27.7 Å². The maximum Gasteiger partial charge on any atom is 0.175 e. The Balaban J connectivity index is 2.21. The van der Waals surface area contributed by atoms with Gasteiger partial charge in [-0.3, -0.25) is 4.79 Å². The Bertz CT molecular complexity index is 388. The first-order valence-electron chi connectivity index (χ1n) is 4.79. The van der Waals surface area contributed by atoms with E-state index in [0.29, 0.717) is 10.0 Å². The van der Waals surface area contributed by atoms with Gasteiger partial charge in [-0.15, -0.1) is 0 Å². The van der Waals surface area contributed by atoms with Gasteiger partial charge in [-0.25, -0.2) is 4.39 Å². The summed E-state index contributed by atoms with van der Waals surface area (Å²) < 4.78 is 13.6. The maximum atomic E-state index is 13.2. The first-order valence-corrected chi connectivity index (χ1v) is 6.63. The van der Waals surface area contributed by atoms with E-state index in [1.807, 2.05) is 0 Å². The zero-order valence-corrected chi connectivity index (χ0v) is 10.4. The standard InChI is InChI=1S/C11H10BrFOS/c12-8-4-3-7(6-9(8)13)11(14)10-2-1-5-15-10/h3-4,6,10H,1-2,5H2. The van der Waals surface area contributed by atoms with Crippen molar-refractivity contribution in [3.8, 4) is 0 Å². The highest BCUT2D eigenvalue weighted by Gasteiger charge is 2.24. The van der Waals surface area contributed by atoms with Crippen LogP contribution in [-0.4, -0.2) is 16.8 Å². The quantitative estimate of drug-likeness (QED) is 0.773. The predicted octanol–water partition coefficient (Wildman–Crippen LogP) is 3.67. The molecule has 15 heavy (non-hydrogen) atoms. The van der Waals surface area contributed by atoms with E-state index in [-0.39, 0.29) is 16.9 Å². The van der Waals surface area contributed by atoms with Gasteiger partial charge in [-0.1, -0.05) is 6.07 Å². The third-order valence-corrected chi connectivity index (χ3v) is 4.45. The van der Waals surface area contributed by atoms with Gasteiger partial charge in [0.1, 0.15) is 5.82 Å². The largest absolute Gasteiger partial charge is 0.293 e. The van der Waals surface area contributed by atoms with E-state index < -0.39 is 0 Å². The van der Waals surface area contributed by atoms with Crippen molar-refractivity contribution in [3.05, 3.63) is 34.1 Å². The Hall–Kier alpha value is -0.350. The van der Waals surface area contributed by atoms with Crippen LogP contribution in [0.1, 0.15) is 23.2 Å². The molecule has 80 valence electrons. The summed E-state index contributed by atoms with van der Waals surface area (Å²) in [4.78, 5) is 11.9. The lowest BCUT2D eigenvalue weighted by molar-refractivity contribution is 0.0988. The summed E-state index contributed by atoms with van der Waals surface area (Å²) in [6.07, 6.45) is 2.00. The zero-order chi connectivity index (χ0) is 10.8. The molecule has 4 heteroatoms. The Labute approximate surface area is 101 Å². The lowest BCUT2D eigenvalue weighted by atomic mass is 10.1. The van der Waals surface area contributed by atoms with Crippen molar-refractivity contribution in [2.24, 2.45) is 0 Å². The number of ketones is 1. The summed E-state index contributed by atoms with van der Waals surface area (Å²) >= 11 is 4.74. The molecule has 1 fully saturated rings. The molecule has 0 bridgehead atoms. The van der Waals surface area contributed by atoms with Gasteiger partial charge in [-0.2, -0.15) is 11.8 Å². The van der Waals surface area contributed by atoms with E-state index >= 15 is 0 Å². The monoisotopic (exact) mass is 288 g/mol. The SMILES string of the molecule is O=C(c1ccc(Br)c(F)c1)C1CCCS1. The van der Waals surface area contributed by atoms with E-state index in [2.05, 4.69) is 15.9 Å². The molecular formula is C11H10BrFOS.